The number of nitrogens with zero attached hydrogens (tertiary/aromatic N) is 3. The zero-order chi connectivity index (χ0) is 12.1. The van der Waals surface area contributed by atoms with Gasteiger partial charge in [0, 0.05) is 43.8 Å². The van der Waals surface area contributed by atoms with Gasteiger partial charge in [0.1, 0.15) is 0 Å². The van der Waals surface area contributed by atoms with Crippen molar-refractivity contribution in [3.63, 3.8) is 0 Å². The van der Waals surface area contributed by atoms with Crippen LogP contribution in [0.3, 0.4) is 0 Å². The fourth-order valence-corrected chi connectivity index (χ4v) is 1.54. The predicted octanol–water partition coefficient (Wildman–Crippen LogP) is 0.918. The molecule has 2 heterocycles. The Kier molecular flexibility index (Phi) is 3.85. The molecule has 0 aliphatic heterocycles. The van der Waals surface area contributed by atoms with E-state index in [2.05, 4.69) is 27.9 Å². The van der Waals surface area contributed by atoms with Gasteiger partial charge in [-0.25, -0.2) is 0 Å². The fraction of sp³-hybridized carbons (Fsp3) is 0.333. The highest BCUT2D eigenvalue weighted by molar-refractivity contribution is 5.15. The summed E-state index contributed by atoms with van der Waals surface area (Å²) in [7, 11) is 1.95. The molecule has 2 rings (SSSR count). The molecule has 0 bridgehead atoms. The molecule has 0 aliphatic rings. The highest BCUT2D eigenvalue weighted by Gasteiger charge is 2.02. The second kappa shape index (κ2) is 5.56. The Labute approximate surface area is 101 Å². The molecular formula is C12H17N5. The lowest BCUT2D eigenvalue weighted by Crippen LogP contribution is -2.30. The lowest BCUT2D eigenvalue weighted by atomic mass is 10.3. The minimum atomic E-state index is 0.757. The van der Waals surface area contributed by atoms with Crippen LogP contribution in [-0.4, -0.2) is 14.8 Å². The van der Waals surface area contributed by atoms with E-state index in [0.29, 0.717) is 0 Å². The number of hydrogen-bond acceptors (Lipinski definition) is 4. The number of pyridine rings is 1. The summed E-state index contributed by atoms with van der Waals surface area (Å²) >= 11 is 0. The molecule has 0 spiro atoms. The van der Waals surface area contributed by atoms with E-state index in [0.717, 1.165) is 18.7 Å². The molecular weight excluding hydrogens is 214 g/mol. The molecule has 0 radical (unpaired) electrons. The van der Waals surface area contributed by atoms with Crippen LogP contribution in [0.15, 0.2) is 30.7 Å². The summed E-state index contributed by atoms with van der Waals surface area (Å²) < 4.78 is 1.87. The molecule has 2 N–H and O–H groups in total. The SMILES string of the molecule is Cc1c(CNNCc2cccnc2)cnn1C. The lowest BCUT2D eigenvalue weighted by molar-refractivity contribution is 0.527. The number of nitrogens with one attached hydrogen (secondary N) is 2. The van der Waals surface area contributed by atoms with Crippen molar-refractivity contribution in [3.05, 3.63) is 47.5 Å². The molecule has 2 aromatic rings. The van der Waals surface area contributed by atoms with E-state index in [4.69, 9.17) is 0 Å². The summed E-state index contributed by atoms with van der Waals surface area (Å²) in [6.07, 6.45) is 5.51. The van der Waals surface area contributed by atoms with Crippen molar-refractivity contribution in [2.24, 2.45) is 7.05 Å². The Morgan fingerprint density at radius 1 is 1.24 bits per heavy atom. The molecule has 0 saturated heterocycles. The Morgan fingerprint density at radius 3 is 2.71 bits per heavy atom. The molecule has 5 heteroatoms. The van der Waals surface area contributed by atoms with Crippen LogP contribution in [0.1, 0.15) is 16.8 Å². The highest BCUT2D eigenvalue weighted by atomic mass is 15.4. The monoisotopic (exact) mass is 231 g/mol. The third kappa shape index (κ3) is 3.12. The third-order valence-electron chi connectivity index (χ3n) is 2.76. The van der Waals surface area contributed by atoms with Crippen molar-refractivity contribution in [1.29, 1.82) is 0 Å². The summed E-state index contributed by atoms with van der Waals surface area (Å²) in [5, 5.41) is 4.19. The van der Waals surface area contributed by atoms with Crippen LogP contribution >= 0.6 is 0 Å². The molecule has 5 nitrogen and oxygen atoms in total. The second-order valence-corrected chi connectivity index (χ2v) is 3.95. The van der Waals surface area contributed by atoms with Crippen LogP contribution in [0.5, 0.6) is 0 Å². The maximum atomic E-state index is 4.19. The first-order chi connectivity index (χ1) is 8.27. The molecule has 0 amide bonds. The van der Waals surface area contributed by atoms with Gasteiger partial charge in [-0.15, -0.1) is 0 Å². The van der Waals surface area contributed by atoms with Crippen molar-refractivity contribution in [2.75, 3.05) is 0 Å². The smallest absolute Gasteiger partial charge is 0.0538 e. The zero-order valence-corrected chi connectivity index (χ0v) is 10.1. The predicted molar refractivity (Wildman–Crippen MR) is 65.9 cm³/mol. The normalized spacial score (nSPS) is 10.7. The van der Waals surface area contributed by atoms with Crippen molar-refractivity contribution in [2.45, 2.75) is 20.0 Å². The quantitative estimate of drug-likeness (QED) is 0.593. The molecule has 0 atom stereocenters. The van der Waals surface area contributed by atoms with Gasteiger partial charge in [-0.2, -0.15) is 5.10 Å². The lowest BCUT2D eigenvalue weighted by Gasteiger charge is -2.06. The van der Waals surface area contributed by atoms with Gasteiger partial charge < -0.3 is 0 Å². The van der Waals surface area contributed by atoms with Crippen molar-refractivity contribution < 1.29 is 0 Å². The molecule has 0 saturated carbocycles. The Hall–Kier alpha value is -1.72. The topological polar surface area (TPSA) is 54.8 Å². The molecule has 0 unspecified atom stereocenters. The van der Waals surface area contributed by atoms with Crippen LogP contribution in [0.4, 0.5) is 0 Å². The van der Waals surface area contributed by atoms with Gasteiger partial charge in [-0.1, -0.05) is 6.07 Å². The van der Waals surface area contributed by atoms with E-state index in [-0.39, 0.29) is 0 Å². The van der Waals surface area contributed by atoms with Crippen molar-refractivity contribution >= 4 is 0 Å². The molecule has 0 fully saturated rings. The minimum Gasteiger partial charge on any atom is -0.273 e. The van der Waals surface area contributed by atoms with Crippen LogP contribution in [0.2, 0.25) is 0 Å². The van der Waals surface area contributed by atoms with E-state index < -0.39 is 0 Å². The number of hydrogen-bond donors (Lipinski definition) is 2. The van der Waals surface area contributed by atoms with Gasteiger partial charge in [0.05, 0.1) is 6.20 Å². The first kappa shape index (κ1) is 11.8. The van der Waals surface area contributed by atoms with E-state index >= 15 is 0 Å². The Morgan fingerprint density at radius 2 is 2.06 bits per heavy atom. The summed E-state index contributed by atoms with van der Waals surface area (Å²) in [6, 6.07) is 3.97. The Bertz CT molecular complexity index is 463. The summed E-state index contributed by atoms with van der Waals surface area (Å²) in [4.78, 5) is 4.06. The van der Waals surface area contributed by atoms with Gasteiger partial charge in [0.25, 0.3) is 0 Å². The minimum absolute atomic E-state index is 0.757. The third-order valence-corrected chi connectivity index (χ3v) is 2.76. The van der Waals surface area contributed by atoms with Crippen LogP contribution < -0.4 is 10.9 Å². The van der Waals surface area contributed by atoms with Gasteiger partial charge in [-0.05, 0) is 18.6 Å². The number of rotatable bonds is 5. The number of aryl methyl sites for hydroxylation is 1. The van der Waals surface area contributed by atoms with Gasteiger partial charge in [0.15, 0.2) is 0 Å². The molecule has 0 aliphatic carbocycles. The standard InChI is InChI=1S/C12H17N5/c1-10-12(9-16-17(10)2)8-15-14-7-11-4-3-5-13-6-11/h3-6,9,14-15H,7-8H2,1-2H3. The molecule has 90 valence electrons. The number of hydrazine groups is 1. The van der Waals surface area contributed by atoms with Gasteiger partial charge >= 0.3 is 0 Å². The second-order valence-electron chi connectivity index (χ2n) is 3.95. The Balaban J connectivity index is 1.75. The summed E-state index contributed by atoms with van der Waals surface area (Å²) in [5.41, 5.74) is 9.87. The average molecular weight is 231 g/mol. The van der Waals surface area contributed by atoms with Gasteiger partial charge in [0.2, 0.25) is 0 Å². The van der Waals surface area contributed by atoms with Crippen LogP contribution in [0.25, 0.3) is 0 Å². The van der Waals surface area contributed by atoms with Crippen molar-refractivity contribution in [3.8, 4) is 0 Å². The van der Waals surface area contributed by atoms with E-state index in [9.17, 15) is 0 Å². The first-order valence-corrected chi connectivity index (χ1v) is 5.59. The van der Waals surface area contributed by atoms with Gasteiger partial charge in [-0.3, -0.25) is 20.5 Å². The molecule has 0 aromatic carbocycles. The molecule has 17 heavy (non-hydrogen) atoms. The van der Waals surface area contributed by atoms with E-state index in [1.165, 1.54) is 11.3 Å². The summed E-state index contributed by atoms with van der Waals surface area (Å²) in [5.74, 6) is 0. The zero-order valence-electron chi connectivity index (χ0n) is 10.1. The van der Waals surface area contributed by atoms with Crippen LogP contribution in [-0.2, 0) is 20.1 Å². The maximum Gasteiger partial charge on any atom is 0.0538 e. The number of aromatic nitrogens is 3. The van der Waals surface area contributed by atoms with E-state index in [1.807, 2.05) is 36.3 Å². The average Bonchev–Trinajstić information content (AvgIpc) is 2.67. The fourth-order valence-electron chi connectivity index (χ4n) is 1.54. The molecule has 2 aromatic heterocycles. The maximum absolute atomic E-state index is 4.19. The summed E-state index contributed by atoms with van der Waals surface area (Å²) in [6.45, 7) is 3.58. The van der Waals surface area contributed by atoms with Crippen LogP contribution in [0, 0.1) is 6.92 Å². The first-order valence-electron chi connectivity index (χ1n) is 5.59. The highest BCUT2D eigenvalue weighted by Crippen LogP contribution is 2.04. The largest absolute Gasteiger partial charge is 0.273 e. The van der Waals surface area contributed by atoms with E-state index in [1.54, 1.807) is 6.20 Å². The van der Waals surface area contributed by atoms with Crippen molar-refractivity contribution in [1.82, 2.24) is 25.6 Å².